The summed E-state index contributed by atoms with van der Waals surface area (Å²) >= 11 is 0. The lowest BCUT2D eigenvalue weighted by Crippen LogP contribution is -2.24. The van der Waals surface area contributed by atoms with Crippen LogP contribution in [0.2, 0.25) is 0 Å². The maximum Gasteiger partial charge on any atom is 0.237 e. The largest absolute Gasteiger partial charge is 0.505 e. The maximum atomic E-state index is 12.3. The van der Waals surface area contributed by atoms with Gasteiger partial charge in [-0.25, -0.2) is 4.85 Å². The van der Waals surface area contributed by atoms with E-state index in [0.717, 1.165) is 33.7 Å². The molecule has 1 aliphatic rings. The van der Waals surface area contributed by atoms with Crippen molar-refractivity contribution >= 4 is 17.2 Å². The fourth-order valence-corrected chi connectivity index (χ4v) is 3.77. The highest BCUT2D eigenvalue weighted by molar-refractivity contribution is 6.16. The van der Waals surface area contributed by atoms with Gasteiger partial charge < -0.3 is 10.5 Å². The molecule has 0 amide bonds. The van der Waals surface area contributed by atoms with Gasteiger partial charge in [0.05, 0.1) is 30.8 Å². The van der Waals surface area contributed by atoms with Crippen molar-refractivity contribution in [3.8, 4) is 28.1 Å². The molecule has 2 N–H and O–H groups in total. The van der Waals surface area contributed by atoms with Gasteiger partial charge >= 0.3 is 0 Å². The smallest absolute Gasteiger partial charge is 0.237 e. The summed E-state index contributed by atoms with van der Waals surface area (Å²) in [4.78, 5) is 20.3. The molecule has 0 bridgehead atoms. The predicted molar refractivity (Wildman–Crippen MR) is 116 cm³/mol. The molecular weight excluding hydrogens is 378 g/mol. The predicted octanol–water partition coefficient (Wildman–Crippen LogP) is 3.65. The van der Waals surface area contributed by atoms with E-state index in [1.807, 2.05) is 44.3 Å². The summed E-state index contributed by atoms with van der Waals surface area (Å²) in [5.41, 5.74) is 11.7. The van der Waals surface area contributed by atoms with Crippen molar-refractivity contribution in [2.45, 2.75) is 6.92 Å². The molecular formula is C23H21N5O2. The molecule has 1 aliphatic heterocycles. The van der Waals surface area contributed by atoms with Gasteiger partial charge in [0.15, 0.2) is 5.78 Å². The summed E-state index contributed by atoms with van der Waals surface area (Å²) in [7, 11) is 1.84. The molecule has 2 aromatic carbocycles. The molecule has 150 valence electrons. The first-order valence-electron chi connectivity index (χ1n) is 9.66. The van der Waals surface area contributed by atoms with Crippen LogP contribution in [-0.4, -0.2) is 41.0 Å². The molecule has 0 fully saturated rings. The molecule has 30 heavy (non-hydrogen) atoms. The summed E-state index contributed by atoms with van der Waals surface area (Å²) in [5.74, 6) is 0.533. The monoisotopic (exact) mass is 399 g/mol. The SMILES string of the molecule is [C-]#[N+]c1c(OCC)cccc1-c1c(-c2ccc3c(c2)C(CN)=NCC3=O)cnn1C. The minimum absolute atomic E-state index is 0.0140. The zero-order chi connectivity index (χ0) is 21.3. The van der Waals surface area contributed by atoms with E-state index < -0.39 is 0 Å². The van der Waals surface area contributed by atoms with Gasteiger partial charge in [0, 0.05) is 35.8 Å². The quantitative estimate of drug-likeness (QED) is 0.664. The van der Waals surface area contributed by atoms with Gasteiger partial charge in [-0.2, -0.15) is 5.10 Å². The second-order valence-electron chi connectivity index (χ2n) is 6.88. The maximum absolute atomic E-state index is 12.3. The number of carbonyl (C=O) groups is 1. The van der Waals surface area contributed by atoms with Crippen LogP contribution >= 0.6 is 0 Å². The number of ether oxygens (including phenoxy) is 1. The Balaban J connectivity index is 1.90. The lowest BCUT2D eigenvalue weighted by molar-refractivity contribution is 0.1000. The number of aromatic nitrogens is 2. The molecule has 0 unspecified atom stereocenters. The van der Waals surface area contributed by atoms with E-state index >= 15 is 0 Å². The van der Waals surface area contributed by atoms with E-state index in [1.165, 1.54) is 0 Å². The van der Waals surface area contributed by atoms with E-state index in [0.29, 0.717) is 23.6 Å². The molecule has 0 saturated carbocycles. The molecule has 1 aromatic heterocycles. The van der Waals surface area contributed by atoms with E-state index in [2.05, 4.69) is 14.9 Å². The van der Waals surface area contributed by atoms with E-state index in [4.69, 9.17) is 17.0 Å². The highest BCUT2D eigenvalue weighted by atomic mass is 16.5. The van der Waals surface area contributed by atoms with Crippen LogP contribution in [0.5, 0.6) is 5.75 Å². The van der Waals surface area contributed by atoms with Gasteiger partial charge in [0.1, 0.15) is 12.3 Å². The third-order valence-electron chi connectivity index (χ3n) is 5.15. The lowest BCUT2D eigenvalue weighted by Gasteiger charge is -2.17. The fourth-order valence-electron chi connectivity index (χ4n) is 3.77. The number of rotatable bonds is 5. The first-order chi connectivity index (χ1) is 14.6. The molecule has 4 rings (SSSR count). The Morgan fingerprint density at radius 1 is 1.20 bits per heavy atom. The molecule has 3 aromatic rings. The highest BCUT2D eigenvalue weighted by Gasteiger charge is 2.23. The van der Waals surface area contributed by atoms with Crippen molar-refractivity contribution in [2.24, 2.45) is 17.8 Å². The average molecular weight is 399 g/mol. The average Bonchev–Trinajstić information content (AvgIpc) is 3.15. The van der Waals surface area contributed by atoms with Gasteiger partial charge in [-0.3, -0.25) is 14.5 Å². The number of Topliss-reactive ketones (excluding diaryl/α,β-unsaturated/α-hetero) is 1. The van der Waals surface area contributed by atoms with Crippen molar-refractivity contribution in [3.05, 3.63) is 65.1 Å². The molecule has 0 radical (unpaired) electrons. The van der Waals surface area contributed by atoms with Crippen molar-refractivity contribution in [2.75, 3.05) is 19.7 Å². The van der Waals surface area contributed by atoms with Gasteiger partial charge in [-0.15, -0.1) is 0 Å². The molecule has 7 nitrogen and oxygen atoms in total. The summed E-state index contributed by atoms with van der Waals surface area (Å²) < 4.78 is 7.40. The number of ketones is 1. The molecule has 0 aliphatic carbocycles. The second-order valence-corrected chi connectivity index (χ2v) is 6.88. The Kier molecular flexibility index (Phi) is 5.17. The van der Waals surface area contributed by atoms with Crippen LogP contribution in [0.25, 0.3) is 27.2 Å². The Morgan fingerprint density at radius 2 is 2.03 bits per heavy atom. The fraction of sp³-hybridized carbons (Fsp3) is 0.217. The number of carbonyl (C=O) groups excluding carboxylic acids is 1. The van der Waals surface area contributed by atoms with Crippen LogP contribution in [0, 0.1) is 6.57 Å². The van der Waals surface area contributed by atoms with Crippen molar-refractivity contribution in [3.63, 3.8) is 0 Å². The Hall–Kier alpha value is -3.76. The van der Waals surface area contributed by atoms with Crippen molar-refractivity contribution in [1.82, 2.24) is 9.78 Å². The molecule has 0 saturated heterocycles. The molecule has 0 spiro atoms. The number of fused-ring (bicyclic) bond motifs is 1. The standard InChI is InChI=1S/C23H21N5O2/c1-4-30-21-7-5-6-16(22(21)25-2)23-18(12-27-28(23)3)14-8-9-15-17(10-14)19(11-24)26-13-20(15)29/h5-10,12H,4,11,13,24H2,1,3H3. The number of nitrogens with two attached hydrogens (primary N) is 1. The van der Waals surface area contributed by atoms with Gasteiger partial charge in [-0.1, -0.05) is 24.3 Å². The van der Waals surface area contributed by atoms with Crippen LogP contribution in [0.3, 0.4) is 0 Å². The Morgan fingerprint density at radius 3 is 2.77 bits per heavy atom. The third-order valence-corrected chi connectivity index (χ3v) is 5.15. The molecule has 0 atom stereocenters. The van der Waals surface area contributed by atoms with E-state index in [9.17, 15) is 4.79 Å². The van der Waals surface area contributed by atoms with Crippen LogP contribution < -0.4 is 10.5 Å². The number of benzene rings is 2. The summed E-state index contributed by atoms with van der Waals surface area (Å²) in [6.45, 7) is 10.5. The number of nitrogens with zero attached hydrogens (tertiary/aromatic N) is 4. The zero-order valence-corrected chi connectivity index (χ0v) is 16.8. The highest BCUT2D eigenvalue weighted by Crippen LogP contribution is 2.42. The first kappa shape index (κ1) is 19.6. The third kappa shape index (κ3) is 3.17. The second kappa shape index (κ2) is 7.93. The topological polar surface area (TPSA) is 86.9 Å². The summed E-state index contributed by atoms with van der Waals surface area (Å²) in [5, 5.41) is 4.44. The minimum Gasteiger partial charge on any atom is -0.505 e. The van der Waals surface area contributed by atoms with Crippen LogP contribution in [0.1, 0.15) is 22.8 Å². The number of aryl methyl sites for hydroxylation is 1. The Bertz CT molecular complexity index is 1220. The number of para-hydroxylation sites is 1. The minimum atomic E-state index is -0.0140. The molecule has 2 heterocycles. The van der Waals surface area contributed by atoms with Crippen LogP contribution in [0.15, 0.2) is 47.6 Å². The van der Waals surface area contributed by atoms with E-state index in [-0.39, 0.29) is 18.9 Å². The van der Waals surface area contributed by atoms with Gasteiger partial charge in [-0.05, 0) is 24.6 Å². The van der Waals surface area contributed by atoms with Gasteiger partial charge in [0.2, 0.25) is 5.69 Å². The number of hydrogen-bond acceptors (Lipinski definition) is 5. The van der Waals surface area contributed by atoms with Gasteiger partial charge in [0.25, 0.3) is 0 Å². The normalized spacial score (nSPS) is 12.9. The lowest BCUT2D eigenvalue weighted by atomic mass is 9.91. The van der Waals surface area contributed by atoms with E-state index in [1.54, 1.807) is 16.9 Å². The zero-order valence-electron chi connectivity index (χ0n) is 16.8. The molecule has 7 heteroatoms. The van der Waals surface area contributed by atoms with Crippen LogP contribution in [-0.2, 0) is 7.05 Å². The Labute approximate surface area is 174 Å². The summed E-state index contributed by atoms with van der Waals surface area (Å²) in [6, 6.07) is 11.2. The van der Waals surface area contributed by atoms with Crippen LogP contribution in [0.4, 0.5) is 5.69 Å². The number of hydrogen-bond donors (Lipinski definition) is 1. The summed E-state index contributed by atoms with van der Waals surface area (Å²) in [6.07, 6.45) is 1.77. The number of aliphatic imine (C=N–C) groups is 1. The first-order valence-corrected chi connectivity index (χ1v) is 9.66. The van der Waals surface area contributed by atoms with Crippen molar-refractivity contribution < 1.29 is 9.53 Å². The van der Waals surface area contributed by atoms with Crippen molar-refractivity contribution in [1.29, 1.82) is 0 Å².